The van der Waals surface area contributed by atoms with Crippen molar-refractivity contribution < 1.29 is 13.9 Å². The number of fused-ring (bicyclic) bond motifs is 5. The average Bonchev–Trinajstić information content (AvgIpc) is 3.88. The fourth-order valence-corrected chi connectivity index (χ4v) is 10.7. The van der Waals surface area contributed by atoms with Crippen molar-refractivity contribution in [3.05, 3.63) is 161 Å². The molecule has 4 aromatic carbocycles. The van der Waals surface area contributed by atoms with E-state index >= 15 is 4.39 Å². The lowest BCUT2D eigenvalue weighted by atomic mass is 9.61. The van der Waals surface area contributed by atoms with Crippen molar-refractivity contribution in [2.75, 3.05) is 12.4 Å². The highest BCUT2D eigenvalue weighted by Crippen LogP contribution is 2.48. The van der Waals surface area contributed by atoms with Gasteiger partial charge in [0.15, 0.2) is 23.1 Å². The van der Waals surface area contributed by atoms with E-state index in [1.54, 1.807) is 6.20 Å². The van der Waals surface area contributed by atoms with E-state index in [0.29, 0.717) is 21.6 Å². The first kappa shape index (κ1) is 36.4. The molecule has 2 bridgehead atoms. The second-order valence-corrected chi connectivity index (χ2v) is 16.7. The highest BCUT2D eigenvalue weighted by atomic mass is 35.5. The molecule has 0 amide bonds. The van der Waals surface area contributed by atoms with E-state index in [1.165, 1.54) is 18.4 Å². The van der Waals surface area contributed by atoms with E-state index in [9.17, 15) is 4.79 Å². The van der Waals surface area contributed by atoms with E-state index < -0.39 is 17.3 Å². The Kier molecular flexibility index (Phi) is 9.26. The van der Waals surface area contributed by atoms with Crippen molar-refractivity contribution in [3.8, 4) is 22.0 Å². The van der Waals surface area contributed by atoms with Crippen molar-refractivity contribution in [2.24, 2.45) is 17.8 Å². The third kappa shape index (κ3) is 5.96. The predicted octanol–water partition coefficient (Wildman–Crippen LogP) is 10.8. The van der Waals surface area contributed by atoms with Crippen LogP contribution in [0.2, 0.25) is 5.15 Å². The Hall–Kier alpha value is -5.97. The number of carbonyl (C=O) groups excluding carboxylic acids is 1. The Labute approximate surface area is 343 Å². The zero-order chi connectivity index (χ0) is 39.4. The molecule has 11 heteroatoms. The van der Waals surface area contributed by atoms with Crippen LogP contribution in [0.5, 0.6) is 0 Å². The fraction of sp³-hybridized carbons (Fsp3) is 0.213. The molecule has 3 aliphatic rings. The Morgan fingerprint density at radius 1 is 0.828 bits per heavy atom. The van der Waals surface area contributed by atoms with E-state index in [2.05, 4.69) is 46.3 Å². The molecule has 1 N–H and O–H groups in total. The van der Waals surface area contributed by atoms with Crippen molar-refractivity contribution in [1.82, 2.24) is 24.5 Å². The molecular formula is C47H38ClFN6O2S. The molecule has 0 spiro atoms. The van der Waals surface area contributed by atoms with Gasteiger partial charge in [-0.15, -0.1) is 11.3 Å². The summed E-state index contributed by atoms with van der Waals surface area (Å²) in [5.41, 5.74) is 3.69. The number of carbonyl (C=O) groups is 1. The van der Waals surface area contributed by atoms with Crippen LogP contribution >= 0.6 is 22.9 Å². The SMILES string of the molecule is COC(=O)C1C2CCC(CC2)C1Nc1nc(-c2cn(C(c3ccccc3)(c3ccccc3)c3ccccc3)c3ncc(Cl)nc23)nc(-c2cc3ccccc3s2)c1F. The molecule has 8 nitrogen and oxygen atoms in total. The maximum atomic E-state index is 17.3. The molecule has 58 heavy (non-hydrogen) atoms. The molecule has 288 valence electrons. The molecule has 3 aliphatic carbocycles. The number of ether oxygens (including phenoxy) is 1. The smallest absolute Gasteiger partial charge is 0.311 e. The van der Waals surface area contributed by atoms with E-state index in [4.69, 9.17) is 36.3 Å². The second-order valence-electron chi connectivity index (χ2n) is 15.2. The molecule has 0 aliphatic heterocycles. The van der Waals surface area contributed by atoms with Crippen LogP contribution in [0.3, 0.4) is 0 Å². The summed E-state index contributed by atoms with van der Waals surface area (Å²) in [6.45, 7) is 0. The Balaban J connectivity index is 1.24. The number of nitrogens with zero attached hydrogens (tertiary/aromatic N) is 5. The Morgan fingerprint density at radius 3 is 2.05 bits per heavy atom. The van der Waals surface area contributed by atoms with Gasteiger partial charge < -0.3 is 14.6 Å². The number of methoxy groups -OCH3 is 1. The summed E-state index contributed by atoms with van der Waals surface area (Å²) >= 11 is 8.13. The molecular weight excluding hydrogens is 767 g/mol. The summed E-state index contributed by atoms with van der Waals surface area (Å²) < 4.78 is 25.7. The standard InChI is InChI=1S/C47H38ClFN6O2S/c1-57-46(56)38-28-21-23-29(24-22-28)40(38)52-44-39(49)42(36-25-30-13-11-12-20-35(30)58-36)53-43(54-44)34-27-55(45-41(34)51-37(48)26-50-45)47(31-14-5-2-6-15-31,32-16-7-3-8-17-32)33-18-9-4-10-19-33/h2-20,25-29,38,40H,21-24H2,1H3,(H,52,53,54). The van der Waals surface area contributed by atoms with Crippen LogP contribution in [0, 0.1) is 23.6 Å². The number of anilines is 1. The number of esters is 1. The first-order valence-corrected chi connectivity index (χ1v) is 20.8. The maximum absolute atomic E-state index is 17.3. The normalized spacial score (nSPS) is 19.1. The van der Waals surface area contributed by atoms with Gasteiger partial charge in [0.25, 0.3) is 0 Å². The Bertz CT molecular complexity index is 2660. The highest BCUT2D eigenvalue weighted by Gasteiger charge is 2.48. The zero-order valence-electron chi connectivity index (χ0n) is 31.6. The van der Waals surface area contributed by atoms with Crippen LogP contribution in [-0.2, 0) is 15.1 Å². The molecule has 11 rings (SSSR count). The van der Waals surface area contributed by atoms with Crippen LogP contribution in [0.4, 0.5) is 10.2 Å². The van der Waals surface area contributed by atoms with Crippen LogP contribution in [0.1, 0.15) is 42.4 Å². The van der Waals surface area contributed by atoms with Crippen molar-refractivity contribution in [3.63, 3.8) is 0 Å². The number of thiophene rings is 1. The largest absolute Gasteiger partial charge is 0.469 e. The second kappa shape index (κ2) is 14.8. The van der Waals surface area contributed by atoms with Crippen LogP contribution < -0.4 is 5.32 Å². The predicted molar refractivity (Wildman–Crippen MR) is 227 cm³/mol. The number of aromatic nitrogens is 5. The van der Waals surface area contributed by atoms with Gasteiger partial charge in [-0.05, 0) is 71.7 Å². The average molecular weight is 805 g/mol. The third-order valence-electron chi connectivity index (χ3n) is 12.1. The summed E-state index contributed by atoms with van der Waals surface area (Å²) in [5.74, 6) is -0.694. The van der Waals surface area contributed by atoms with Crippen molar-refractivity contribution in [2.45, 2.75) is 37.3 Å². The molecule has 4 heterocycles. The van der Waals surface area contributed by atoms with Crippen molar-refractivity contribution in [1.29, 1.82) is 0 Å². The van der Waals surface area contributed by atoms with Gasteiger partial charge in [-0.1, -0.05) is 121 Å². The summed E-state index contributed by atoms with van der Waals surface area (Å²) in [6, 6.07) is 40.4. The quantitative estimate of drug-likeness (QED) is 0.115. The van der Waals surface area contributed by atoms with Gasteiger partial charge in [0, 0.05) is 16.9 Å². The van der Waals surface area contributed by atoms with Gasteiger partial charge in [0.1, 0.15) is 21.9 Å². The summed E-state index contributed by atoms with van der Waals surface area (Å²) in [5, 5.41) is 4.66. The number of nitrogens with one attached hydrogen (secondary N) is 1. The van der Waals surface area contributed by atoms with Gasteiger partial charge in [-0.2, -0.15) is 0 Å². The minimum atomic E-state index is -0.951. The van der Waals surface area contributed by atoms with E-state index in [1.807, 2.05) is 91.1 Å². The molecule has 4 aromatic heterocycles. The monoisotopic (exact) mass is 804 g/mol. The fourth-order valence-electron chi connectivity index (χ4n) is 9.56. The van der Waals surface area contributed by atoms with Gasteiger partial charge in [0.05, 0.1) is 29.7 Å². The number of benzene rings is 4. The van der Waals surface area contributed by atoms with Crippen LogP contribution in [-0.4, -0.2) is 43.6 Å². The zero-order valence-corrected chi connectivity index (χ0v) is 33.1. The van der Waals surface area contributed by atoms with Gasteiger partial charge in [-0.3, -0.25) is 4.79 Å². The molecule has 3 saturated carbocycles. The number of hydrogen-bond donors (Lipinski definition) is 1. The van der Waals surface area contributed by atoms with Gasteiger partial charge >= 0.3 is 5.97 Å². The van der Waals surface area contributed by atoms with Crippen LogP contribution in [0.25, 0.3) is 43.2 Å². The minimum Gasteiger partial charge on any atom is -0.469 e. The number of hydrogen-bond acceptors (Lipinski definition) is 8. The molecule has 8 aromatic rings. The summed E-state index contributed by atoms with van der Waals surface area (Å²) in [7, 11) is 1.42. The molecule has 0 saturated heterocycles. The van der Waals surface area contributed by atoms with Crippen LogP contribution in [0.15, 0.2) is 134 Å². The third-order valence-corrected chi connectivity index (χ3v) is 13.5. The molecule has 2 atom stereocenters. The summed E-state index contributed by atoms with van der Waals surface area (Å²) in [6.07, 6.45) is 7.29. The number of rotatable bonds is 9. The molecule has 2 unspecified atom stereocenters. The Morgan fingerprint density at radius 2 is 1.43 bits per heavy atom. The lowest BCUT2D eigenvalue weighted by Gasteiger charge is -2.47. The topological polar surface area (TPSA) is 94.8 Å². The van der Waals surface area contributed by atoms with Crippen molar-refractivity contribution >= 4 is 56.0 Å². The molecule has 3 fully saturated rings. The summed E-state index contributed by atoms with van der Waals surface area (Å²) in [4.78, 5) is 33.9. The minimum absolute atomic E-state index is 0.0280. The number of halogens is 2. The lowest BCUT2D eigenvalue weighted by Crippen LogP contribution is -2.52. The molecule has 0 radical (unpaired) electrons. The van der Waals surface area contributed by atoms with E-state index in [0.717, 1.165) is 52.5 Å². The lowest BCUT2D eigenvalue weighted by molar-refractivity contribution is -0.152. The van der Waals surface area contributed by atoms with Gasteiger partial charge in [0.2, 0.25) is 0 Å². The first-order chi connectivity index (χ1) is 28.4. The highest BCUT2D eigenvalue weighted by molar-refractivity contribution is 7.22. The maximum Gasteiger partial charge on any atom is 0.311 e. The van der Waals surface area contributed by atoms with E-state index in [-0.39, 0.29) is 46.3 Å². The van der Waals surface area contributed by atoms with Gasteiger partial charge in [-0.25, -0.2) is 24.3 Å². The first-order valence-electron chi connectivity index (χ1n) is 19.6.